The fourth-order valence-electron chi connectivity index (χ4n) is 7.10. The van der Waals surface area contributed by atoms with Gasteiger partial charge in [-0.15, -0.1) is 0 Å². The Morgan fingerprint density at radius 2 is 1.69 bits per heavy atom. The van der Waals surface area contributed by atoms with Crippen molar-refractivity contribution in [2.24, 2.45) is 23.2 Å². The number of morpholine rings is 1. The monoisotopic (exact) mass is 445 g/mol. The lowest BCUT2D eigenvalue weighted by Gasteiger charge is -2.57. The number of rotatable bonds is 9. The van der Waals surface area contributed by atoms with Gasteiger partial charge in [0.2, 0.25) is 0 Å². The van der Waals surface area contributed by atoms with Gasteiger partial charge in [-0.25, -0.2) is 9.18 Å². The van der Waals surface area contributed by atoms with Crippen LogP contribution in [-0.4, -0.2) is 63.0 Å². The van der Waals surface area contributed by atoms with E-state index in [1.807, 2.05) is 0 Å². The van der Waals surface area contributed by atoms with Gasteiger partial charge < -0.3 is 14.2 Å². The predicted molar refractivity (Wildman–Crippen MR) is 119 cm³/mol. The Bertz CT molecular complexity index is 741. The molecule has 1 atom stereocenters. The number of halogens is 1. The van der Waals surface area contributed by atoms with Gasteiger partial charge in [-0.2, -0.15) is 0 Å². The summed E-state index contributed by atoms with van der Waals surface area (Å²) in [4.78, 5) is 14.9. The lowest BCUT2D eigenvalue weighted by Crippen LogP contribution is -2.46. The zero-order chi connectivity index (χ0) is 22.0. The van der Waals surface area contributed by atoms with Crippen molar-refractivity contribution in [1.29, 1.82) is 0 Å². The van der Waals surface area contributed by atoms with E-state index in [1.165, 1.54) is 62.8 Å². The van der Waals surface area contributed by atoms with Crippen LogP contribution in [0, 0.1) is 29.0 Å². The smallest absolute Gasteiger partial charge is 0.338 e. The number of nitrogens with zero attached hydrogens (tertiary/aromatic N) is 1. The molecule has 0 amide bonds. The Labute approximate surface area is 190 Å². The largest absolute Gasteiger partial charge is 0.455 e. The molecule has 1 saturated heterocycles. The molecule has 0 radical (unpaired) electrons. The van der Waals surface area contributed by atoms with E-state index >= 15 is 0 Å². The van der Waals surface area contributed by atoms with Crippen molar-refractivity contribution in [3.8, 4) is 0 Å². The van der Waals surface area contributed by atoms with Crippen LogP contribution in [0.25, 0.3) is 0 Å². The molecule has 4 saturated carbocycles. The molecule has 6 heteroatoms. The fraction of sp³-hybridized carbons (Fsp3) is 0.731. The highest BCUT2D eigenvalue weighted by atomic mass is 19.1. The molecule has 1 aliphatic heterocycles. The number of hydrogen-bond donors (Lipinski definition) is 0. The minimum absolute atomic E-state index is 0.345. The van der Waals surface area contributed by atoms with Crippen LogP contribution in [0.1, 0.15) is 55.3 Å². The van der Waals surface area contributed by atoms with Crippen molar-refractivity contribution in [2.45, 2.75) is 51.0 Å². The molecule has 4 aliphatic carbocycles. The van der Waals surface area contributed by atoms with Crippen molar-refractivity contribution < 1.29 is 23.4 Å². The summed E-state index contributed by atoms with van der Waals surface area (Å²) in [6, 6.07) is 5.51. The molecule has 1 aromatic carbocycles. The summed E-state index contributed by atoms with van der Waals surface area (Å²) in [5.74, 6) is 2.07. The second-order valence-corrected chi connectivity index (χ2v) is 10.7. The lowest BCUT2D eigenvalue weighted by atomic mass is 9.49. The number of benzene rings is 1. The van der Waals surface area contributed by atoms with Crippen LogP contribution in [0.2, 0.25) is 0 Å². The van der Waals surface area contributed by atoms with Gasteiger partial charge in [0.1, 0.15) is 11.9 Å². The van der Waals surface area contributed by atoms with Crippen LogP contribution >= 0.6 is 0 Å². The van der Waals surface area contributed by atoms with Crippen LogP contribution in [0.4, 0.5) is 4.39 Å². The second kappa shape index (κ2) is 9.78. The highest BCUT2D eigenvalue weighted by Gasteiger charge is 2.50. The Morgan fingerprint density at radius 3 is 2.31 bits per heavy atom. The van der Waals surface area contributed by atoms with E-state index in [0.717, 1.165) is 43.9 Å². The minimum atomic E-state index is -0.423. The molecule has 176 valence electrons. The van der Waals surface area contributed by atoms with Crippen molar-refractivity contribution in [3.05, 3.63) is 35.6 Å². The van der Waals surface area contributed by atoms with E-state index in [9.17, 15) is 9.18 Å². The minimum Gasteiger partial charge on any atom is -0.455 e. The number of esters is 1. The van der Waals surface area contributed by atoms with E-state index in [2.05, 4.69) is 4.90 Å². The van der Waals surface area contributed by atoms with E-state index in [0.29, 0.717) is 37.3 Å². The molecule has 0 aromatic heterocycles. The summed E-state index contributed by atoms with van der Waals surface area (Å²) in [5.41, 5.74) is 0.867. The molecular formula is C26H36FNO4. The maximum atomic E-state index is 13.2. The Morgan fingerprint density at radius 1 is 1.06 bits per heavy atom. The summed E-state index contributed by atoms with van der Waals surface area (Å²) in [6.07, 6.45) is 9.33. The van der Waals surface area contributed by atoms with E-state index in [4.69, 9.17) is 14.2 Å². The average Bonchev–Trinajstić information content (AvgIpc) is 2.77. The number of hydrogen-bond acceptors (Lipinski definition) is 5. The molecule has 1 heterocycles. The summed E-state index contributed by atoms with van der Waals surface area (Å²) < 4.78 is 30.6. The standard InChI is InChI=1S/C26H36FNO4/c27-23-3-1-22(2-4-23)25(29)32-24(17-28-6-9-30-10-7-28)18-31-8-5-26-14-19-11-20(15-26)13-21(12-19)16-26/h1-4,19-21,24H,5-18H2. The van der Waals surface area contributed by atoms with Crippen LogP contribution in [0.5, 0.6) is 0 Å². The van der Waals surface area contributed by atoms with Gasteiger partial charge in [-0.05, 0) is 92.4 Å². The summed E-state index contributed by atoms with van der Waals surface area (Å²) >= 11 is 0. The van der Waals surface area contributed by atoms with Gasteiger partial charge in [-0.3, -0.25) is 4.90 Å². The molecular weight excluding hydrogens is 409 g/mol. The third-order valence-electron chi connectivity index (χ3n) is 8.16. The first-order chi connectivity index (χ1) is 15.6. The third-order valence-corrected chi connectivity index (χ3v) is 8.16. The average molecular weight is 446 g/mol. The normalized spacial score (nSPS) is 32.7. The van der Waals surface area contributed by atoms with Gasteiger partial charge in [0, 0.05) is 26.2 Å². The van der Waals surface area contributed by atoms with Crippen molar-refractivity contribution in [2.75, 3.05) is 46.1 Å². The van der Waals surface area contributed by atoms with Crippen LogP contribution in [0.15, 0.2) is 24.3 Å². The van der Waals surface area contributed by atoms with Gasteiger partial charge in [0.05, 0.1) is 25.4 Å². The molecule has 1 unspecified atom stereocenters. The fourth-order valence-corrected chi connectivity index (χ4v) is 7.10. The van der Waals surface area contributed by atoms with Crippen molar-refractivity contribution in [1.82, 2.24) is 4.90 Å². The second-order valence-electron chi connectivity index (χ2n) is 10.7. The highest BCUT2D eigenvalue weighted by Crippen LogP contribution is 2.61. The molecule has 1 aromatic rings. The first kappa shape index (κ1) is 22.3. The summed E-state index contributed by atoms with van der Waals surface area (Å²) in [5, 5.41) is 0. The van der Waals surface area contributed by atoms with Gasteiger partial charge in [-0.1, -0.05) is 0 Å². The molecule has 5 fully saturated rings. The number of ether oxygens (including phenoxy) is 3. The zero-order valence-corrected chi connectivity index (χ0v) is 19.0. The lowest BCUT2D eigenvalue weighted by molar-refractivity contribution is -0.0768. The third kappa shape index (κ3) is 5.35. The van der Waals surface area contributed by atoms with Gasteiger partial charge in [0.15, 0.2) is 0 Å². The Hall–Kier alpha value is -1.50. The van der Waals surface area contributed by atoms with Crippen molar-refractivity contribution >= 4 is 5.97 Å². The van der Waals surface area contributed by atoms with Crippen LogP contribution < -0.4 is 0 Å². The molecule has 32 heavy (non-hydrogen) atoms. The maximum absolute atomic E-state index is 13.2. The highest BCUT2D eigenvalue weighted by molar-refractivity contribution is 5.89. The SMILES string of the molecule is O=C(OC(COCCC12CC3CC(CC(C3)C1)C2)CN1CCOCC1)c1ccc(F)cc1. The number of carbonyl (C=O) groups excluding carboxylic acids is 1. The first-order valence-electron chi connectivity index (χ1n) is 12.4. The molecule has 5 aliphatic rings. The zero-order valence-electron chi connectivity index (χ0n) is 19.0. The number of carbonyl (C=O) groups is 1. The molecule has 4 bridgehead atoms. The maximum Gasteiger partial charge on any atom is 0.338 e. The molecule has 0 N–H and O–H groups in total. The topological polar surface area (TPSA) is 48.0 Å². The Balaban J connectivity index is 1.14. The van der Waals surface area contributed by atoms with Gasteiger partial charge in [0.25, 0.3) is 0 Å². The van der Waals surface area contributed by atoms with Crippen LogP contribution in [-0.2, 0) is 14.2 Å². The van der Waals surface area contributed by atoms with E-state index < -0.39 is 5.97 Å². The van der Waals surface area contributed by atoms with Crippen LogP contribution in [0.3, 0.4) is 0 Å². The quantitative estimate of drug-likeness (QED) is 0.419. The molecule has 6 rings (SSSR count). The van der Waals surface area contributed by atoms with Crippen molar-refractivity contribution in [3.63, 3.8) is 0 Å². The molecule has 0 spiro atoms. The summed E-state index contributed by atoms with van der Waals surface area (Å²) in [6.45, 7) is 4.83. The summed E-state index contributed by atoms with van der Waals surface area (Å²) in [7, 11) is 0. The van der Waals surface area contributed by atoms with Gasteiger partial charge >= 0.3 is 5.97 Å². The first-order valence-corrected chi connectivity index (χ1v) is 12.4. The van der Waals surface area contributed by atoms with E-state index in [-0.39, 0.29) is 11.9 Å². The molecule has 5 nitrogen and oxygen atoms in total. The Kier molecular flexibility index (Phi) is 6.81. The predicted octanol–water partition coefficient (Wildman–Crippen LogP) is 4.31. The van der Waals surface area contributed by atoms with E-state index in [1.54, 1.807) is 0 Å².